The molecule has 1 aromatic heterocycles. The van der Waals surface area contributed by atoms with Crippen molar-refractivity contribution in [2.24, 2.45) is 0 Å². The molecule has 1 N–H and O–H groups in total. The number of methoxy groups -OCH3 is 2. The fourth-order valence-corrected chi connectivity index (χ4v) is 2.60. The minimum Gasteiger partial charge on any atom is -0.493 e. The van der Waals surface area contributed by atoms with Gasteiger partial charge in [0, 0.05) is 11.1 Å². The van der Waals surface area contributed by atoms with Crippen LogP contribution >= 0.6 is 0 Å². The highest BCUT2D eigenvalue weighted by atomic mass is 16.5. The van der Waals surface area contributed by atoms with E-state index in [0.29, 0.717) is 28.1 Å². The molecule has 128 valence electrons. The first kappa shape index (κ1) is 16.6. The number of para-hydroxylation sites is 1. The van der Waals surface area contributed by atoms with Crippen molar-refractivity contribution in [2.45, 2.75) is 6.92 Å². The standard InChI is InChI=1S/C19H17NO5/c1-11-13(19(22)24-3)7-5-8-14(11)20-18(21)16-10-12-6-4-9-15(23-2)17(12)25-16/h4-10H,1-3H3,(H,20,21). The zero-order valence-electron chi connectivity index (χ0n) is 14.1. The second-order valence-corrected chi connectivity index (χ2v) is 5.41. The summed E-state index contributed by atoms with van der Waals surface area (Å²) in [7, 11) is 2.85. The van der Waals surface area contributed by atoms with E-state index in [0.717, 1.165) is 5.39 Å². The Labute approximate surface area is 144 Å². The normalized spacial score (nSPS) is 10.5. The summed E-state index contributed by atoms with van der Waals surface area (Å²) in [6, 6.07) is 12.1. The Kier molecular flexibility index (Phi) is 4.43. The number of carbonyl (C=O) groups excluding carboxylic acids is 2. The van der Waals surface area contributed by atoms with Gasteiger partial charge in [-0.3, -0.25) is 4.79 Å². The minimum atomic E-state index is -0.456. The van der Waals surface area contributed by atoms with Crippen LogP contribution in [0.25, 0.3) is 11.0 Å². The van der Waals surface area contributed by atoms with Gasteiger partial charge in [0.15, 0.2) is 17.1 Å². The van der Waals surface area contributed by atoms with Crippen molar-refractivity contribution < 1.29 is 23.5 Å². The third-order valence-electron chi connectivity index (χ3n) is 3.94. The van der Waals surface area contributed by atoms with Crippen LogP contribution in [0.3, 0.4) is 0 Å². The fourth-order valence-electron chi connectivity index (χ4n) is 2.60. The first-order valence-electron chi connectivity index (χ1n) is 7.61. The summed E-state index contributed by atoms with van der Waals surface area (Å²) in [4.78, 5) is 24.3. The van der Waals surface area contributed by atoms with Gasteiger partial charge in [-0.25, -0.2) is 4.79 Å². The maximum absolute atomic E-state index is 12.5. The molecule has 0 bridgehead atoms. The minimum absolute atomic E-state index is 0.155. The quantitative estimate of drug-likeness (QED) is 0.732. The largest absolute Gasteiger partial charge is 0.493 e. The van der Waals surface area contributed by atoms with Crippen molar-refractivity contribution in [3.63, 3.8) is 0 Å². The molecule has 0 fully saturated rings. The van der Waals surface area contributed by atoms with Crippen molar-refractivity contribution >= 4 is 28.5 Å². The molecule has 0 aliphatic rings. The number of fused-ring (bicyclic) bond motifs is 1. The van der Waals surface area contributed by atoms with E-state index in [4.69, 9.17) is 13.9 Å². The topological polar surface area (TPSA) is 77.8 Å². The monoisotopic (exact) mass is 339 g/mol. The first-order chi connectivity index (χ1) is 12.0. The number of amides is 1. The number of nitrogens with one attached hydrogen (secondary N) is 1. The molecular formula is C19H17NO5. The van der Waals surface area contributed by atoms with Crippen LogP contribution in [0, 0.1) is 6.92 Å². The van der Waals surface area contributed by atoms with Gasteiger partial charge in [-0.15, -0.1) is 0 Å². The Morgan fingerprint density at radius 1 is 1.08 bits per heavy atom. The smallest absolute Gasteiger partial charge is 0.338 e. The van der Waals surface area contributed by atoms with Crippen molar-refractivity contribution in [1.82, 2.24) is 0 Å². The molecule has 3 aromatic rings. The van der Waals surface area contributed by atoms with Crippen molar-refractivity contribution in [3.05, 3.63) is 59.4 Å². The van der Waals surface area contributed by atoms with E-state index >= 15 is 0 Å². The average molecular weight is 339 g/mol. The van der Waals surface area contributed by atoms with Crippen LogP contribution in [-0.4, -0.2) is 26.1 Å². The zero-order chi connectivity index (χ0) is 18.0. The summed E-state index contributed by atoms with van der Waals surface area (Å²) >= 11 is 0. The van der Waals surface area contributed by atoms with Gasteiger partial charge in [-0.05, 0) is 36.8 Å². The number of esters is 1. The lowest BCUT2D eigenvalue weighted by Crippen LogP contribution is -2.13. The molecule has 6 heteroatoms. The number of furan rings is 1. The van der Waals surface area contributed by atoms with Gasteiger partial charge >= 0.3 is 5.97 Å². The highest BCUT2D eigenvalue weighted by molar-refractivity contribution is 6.06. The third-order valence-corrected chi connectivity index (χ3v) is 3.94. The summed E-state index contributed by atoms with van der Waals surface area (Å²) in [5.41, 5.74) is 2.04. The number of hydrogen-bond donors (Lipinski definition) is 1. The molecule has 0 aliphatic heterocycles. The van der Waals surface area contributed by atoms with E-state index in [2.05, 4.69) is 5.32 Å². The van der Waals surface area contributed by atoms with Gasteiger partial charge in [0.05, 0.1) is 19.8 Å². The lowest BCUT2D eigenvalue weighted by atomic mass is 10.1. The average Bonchev–Trinajstić information content (AvgIpc) is 3.07. The number of benzene rings is 2. The summed E-state index contributed by atoms with van der Waals surface area (Å²) in [6.45, 7) is 1.74. The molecule has 0 aliphatic carbocycles. The van der Waals surface area contributed by atoms with E-state index < -0.39 is 11.9 Å². The zero-order valence-corrected chi connectivity index (χ0v) is 14.1. The summed E-state index contributed by atoms with van der Waals surface area (Å²) in [5.74, 6) is -0.159. The number of carbonyl (C=O) groups is 2. The summed E-state index contributed by atoms with van der Waals surface area (Å²) in [6.07, 6.45) is 0. The SMILES string of the molecule is COC(=O)c1cccc(NC(=O)c2cc3cccc(OC)c3o2)c1C. The molecule has 1 heterocycles. The van der Waals surface area contributed by atoms with Crippen molar-refractivity contribution in [3.8, 4) is 5.75 Å². The molecule has 3 rings (SSSR count). The van der Waals surface area contributed by atoms with Crippen LogP contribution < -0.4 is 10.1 Å². The van der Waals surface area contributed by atoms with Crippen LogP contribution in [0.1, 0.15) is 26.5 Å². The second-order valence-electron chi connectivity index (χ2n) is 5.41. The number of hydrogen-bond acceptors (Lipinski definition) is 5. The molecule has 25 heavy (non-hydrogen) atoms. The number of ether oxygens (including phenoxy) is 2. The number of anilines is 1. The van der Waals surface area contributed by atoms with Gasteiger partial charge in [-0.2, -0.15) is 0 Å². The molecule has 0 saturated heterocycles. The predicted molar refractivity (Wildman–Crippen MR) is 93.2 cm³/mol. The van der Waals surface area contributed by atoms with E-state index in [-0.39, 0.29) is 5.76 Å². The van der Waals surface area contributed by atoms with Crippen molar-refractivity contribution in [1.29, 1.82) is 0 Å². The van der Waals surface area contributed by atoms with E-state index in [9.17, 15) is 9.59 Å². The highest BCUT2D eigenvalue weighted by Gasteiger charge is 2.17. The fraction of sp³-hybridized carbons (Fsp3) is 0.158. The lowest BCUT2D eigenvalue weighted by Gasteiger charge is -2.10. The summed E-state index contributed by atoms with van der Waals surface area (Å²) in [5, 5.41) is 3.53. The van der Waals surface area contributed by atoms with E-state index in [1.54, 1.807) is 44.4 Å². The molecule has 0 unspecified atom stereocenters. The maximum atomic E-state index is 12.5. The van der Waals surface area contributed by atoms with Gasteiger partial charge < -0.3 is 19.2 Å². The molecule has 2 aromatic carbocycles. The van der Waals surface area contributed by atoms with Crippen LogP contribution in [0.2, 0.25) is 0 Å². The van der Waals surface area contributed by atoms with Gasteiger partial charge in [0.25, 0.3) is 5.91 Å². The van der Waals surface area contributed by atoms with Crippen LogP contribution in [-0.2, 0) is 4.74 Å². The highest BCUT2D eigenvalue weighted by Crippen LogP contribution is 2.29. The Morgan fingerprint density at radius 3 is 2.56 bits per heavy atom. The van der Waals surface area contributed by atoms with Gasteiger partial charge in [0.1, 0.15) is 0 Å². The third kappa shape index (κ3) is 3.06. The van der Waals surface area contributed by atoms with Crippen LogP contribution in [0.4, 0.5) is 5.69 Å². The molecule has 0 radical (unpaired) electrons. The van der Waals surface area contributed by atoms with E-state index in [1.807, 2.05) is 12.1 Å². The molecule has 6 nitrogen and oxygen atoms in total. The van der Waals surface area contributed by atoms with Gasteiger partial charge in [0.2, 0.25) is 0 Å². The van der Waals surface area contributed by atoms with Crippen molar-refractivity contribution in [2.75, 3.05) is 19.5 Å². The molecule has 0 saturated carbocycles. The summed E-state index contributed by atoms with van der Waals surface area (Å²) < 4.78 is 15.6. The lowest BCUT2D eigenvalue weighted by molar-refractivity contribution is 0.0599. The Balaban J connectivity index is 1.92. The Hall–Kier alpha value is -3.28. The molecule has 0 atom stereocenters. The molecule has 1 amide bonds. The van der Waals surface area contributed by atoms with E-state index in [1.165, 1.54) is 7.11 Å². The number of rotatable bonds is 4. The first-order valence-corrected chi connectivity index (χ1v) is 7.61. The Bertz CT molecular complexity index is 958. The van der Waals surface area contributed by atoms with Crippen LogP contribution in [0.5, 0.6) is 5.75 Å². The second kappa shape index (κ2) is 6.68. The molecular weight excluding hydrogens is 322 g/mol. The predicted octanol–water partition coefficient (Wildman–Crippen LogP) is 3.79. The van der Waals surface area contributed by atoms with Gasteiger partial charge in [-0.1, -0.05) is 18.2 Å². The Morgan fingerprint density at radius 2 is 1.84 bits per heavy atom. The maximum Gasteiger partial charge on any atom is 0.338 e. The molecule has 0 spiro atoms. The van der Waals surface area contributed by atoms with Crippen LogP contribution in [0.15, 0.2) is 46.9 Å².